The van der Waals surface area contributed by atoms with Crippen LogP contribution in [-0.4, -0.2) is 9.78 Å². The maximum absolute atomic E-state index is 11.3. The molecule has 1 heterocycles. The molecule has 0 radical (unpaired) electrons. The molecule has 1 aromatic heterocycles. The Morgan fingerprint density at radius 3 is 2.65 bits per heavy atom. The number of hydrogen-bond donors (Lipinski definition) is 1. The largest absolute Gasteiger partial charge is 0.379 e. The highest BCUT2D eigenvalue weighted by Gasteiger charge is 2.07. The van der Waals surface area contributed by atoms with Crippen molar-refractivity contribution in [2.45, 2.75) is 13.8 Å². The molecule has 4 nitrogen and oxygen atoms in total. The fourth-order valence-corrected chi connectivity index (χ4v) is 1.89. The minimum absolute atomic E-state index is 0.00931. The normalized spacial score (nSPS) is 10.5. The van der Waals surface area contributed by atoms with Crippen molar-refractivity contribution in [3.8, 4) is 5.69 Å². The van der Waals surface area contributed by atoms with Crippen molar-refractivity contribution in [1.29, 1.82) is 0 Å². The summed E-state index contributed by atoms with van der Waals surface area (Å²) in [6, 6.07) is 6.93. The quantitative estimate of drug-likeness (QED) is 0.842. The minimum Gasteiger partial charge on any atom is -0.379 e. The molecule has 88 valence electrons. The van der Waals surface area contributed by atoms with E-state index in [0.717, 1.165) is 16.9 Å². The number of aromatic nitrogens is 2. The Balaban J connectivity index is 2.68. The highest BCUT2D eigenvalue weighted by atomic mass is 35.5. The van der Waals surface area contributed by atoms with Gasteiger partial charge in [-0.05, 0) is 37.6 Å². The first-order valence-electron chi connectivity index (χ1n) is 5.12. The summed E-state index contributed by atoms with van der Waals surface area (Å²) in [5.74, 6) is -0.00931. The number of nitrogen functional groups attached to an aromatic ring is 1. The summed E-state index contributed by atoms with van der Waals surface area (Å²) >= 11 is 5.90. The van der Waals surface area contributed by atoms with Crippen LogP contribution in [0.5, 0.6) is 0 Å². The van der Waals surface area contributed by atoms with E-state index in [-0.39, 0.29) is 11.2 Å². The fourth-order valence-electron chi connectivity index (χ4n) is 1.66. The number of rotatable bonds is 1. The van der Waals surface area contributed by atoms with Crippen molar-refractivity contribution < 1.29 is 0 Å². The molecule has 0 bridgehead atoms. The number of benzene rings is 1. The van der Waals surface area contributed by atoms with Crippen LogP contribution in [0, 0.1) is 13.8 Å². The number of hydrogen-bond acceptors (Lipinski definition) is 3. The van der Waals surface area contributed by atoms with Gasteiger partial charge < -0.3 is 5.73 Å². The molecule has 2 rings (SSSR count). The molecule has 0 unspecified atom stereocenters. The molecule has 2 N–H and O–H groups in total. The Hall–Kier alpha value is -1.81. The minimum atomic E-state index is -0.259. The average molecular weight is 250 g/mol. The smallest absolute Gasteiger partial charge is 0.224 e. The Bertz CT molecular complexity index is 634. The van der Waals surface area contributed by atoms with Crippen molar-refractivity contribution in [2.75, 3.05) is 5.73 Å². The lowest BCUT2D eigenvalue weighted by molar-refractivity contribution is 0.802. The second kappa shape index (κ2) is 4.22. The number of nitrogens with zero attached hydrogens (tertiary/aromatic N) is 2. The lowest BCUT2D eigenvalue weighted by Crippen LogP contribution is -2.18. The van der Waals surface area contributed by atoms with Crippen molar-refractivity contribution in [2.24, 2.45) is 0 Å². The first-order chi connectivity index (χ1) is 7.99. The molecule has 5 heteroatoms. The van der Waals surface area contributed by atoms with Crippen LogP contribution in [0.2, 0.25) is 5.02 Å². The third kappa shape index (κ3) is 2.17. The maximum atomic E-state index is 11.3. The topological polar surface area (TPSA) is 60.9 Å². The molecule has 17 heavy (non-hydrogen) atoms. The molecule has 0 aliphatic heterocycles. The van der Waals surface area contributed by atoms with Crippen LogP contribution in [0.4, 0.5) is 5.82 Å². The molecular formula is C12H12ClN3O. The first-order valence-corrected chi connectivity index (χ1v) is 5.50. The van der Waals surface area contributed by atoms with Gasteiger partial charge >= 0.3 is 0 Å². The second-order valence-corrected chi connectivity index (χ2v) is 4.31. The summed E-state index contributed by atoms with van der Waals surface area (Å²) in [5, 5.41) is 4.74. The third-order valence-electron chi connectivity index (χ3n) is 2.52. The van der Waals surface area contributed by atoms with E-state index >= 15 is 0 Å². The highest BCUT2D eigenvalue weighted by molar-refractivity contribution is 6.30. The van der Waals surface area contributed by atoms with Gasteiger partial charge in [0.15, 0.2) is 5.82 Å². The predicted octanol–water partition coefficient (Wildman–Crippen LogP) is 2.08. The Morgan fingerprint density at radius 2 is 2.00 bits per heavy atom. The zero-order valence-electron chi connectivity index (χ0n) is 9.57. The van der Waals surface area contributed by atoms with Crippen LogP contribution in [0.3, 0.4) is 0 Å². The van der Waals surface area contributed by atoms with Crippen LogP contribution < -0.4 is 11.2 Å². The molecule has 1 aromatic carbocycles. The van der Waals surface area contributed by atoms with E-state index < -0.39 is 0 Å². The Kier molecular flexibility index (Phi) is 2.90. The molecule has 2 aromatic rings. The Morgan fingerprint density at radius 1 is 1.29 bits per heavy atom. The zero-order chi connectivity index (χ0) is 12.6. The summed E-state index contributed by atoms with van der Waals surface area (Å²) < 4.78 is 1.64. The lowest BCUT2D eigenvalue weighted by atomic mass is 10.2. The second-order valence-electron chi connectivity index (χ2n) is 3.88. The summed E-state index contributed by atoms with van der Waals surface area (Å²) in [4.78, 5) is 11.3. The summed E-state index contributed by atoms with van der Waals surface area (Å²) in [5.41, 5.74) is 7.84. The van der Waals surface area contributed by atoms with Crippen LogP contribution >= 0.6 is 11.6 Å². The van der Waals surface area contributed by atoms with Crippen LogP contribution in [0.25, 0.3) is 5.69 Å². The molecule has 0 aliphatic rings. The van der Waals surface area contributed by atoms with Gasteiger partial charge in [-0.3, -0.25) is 4.79 Å². The van der Waals surface area contributed by atoms with E-state index in [1.807, 2.05) is 26.0 Å². The molecule has 0 aliphatic carbocycles. The first kappa shape index (κ1) is 11.7. The molecule has 0 atom stereocenters. The van der Waals surface area contributed by atoms with E-state index in [1.54, 1.807) is 10.7 Å². The monoisotopic (exact) mass is 249 g/mol. The molecule has 0 amide bonds. The van der Waals surface area contributed by atoms with E-state index in [1.165, 1.54) is 6.07 Å². The van der Waals surface area contributed by atoms with E-state index in [2.05, 4.69) is 5.10 Å². The number of nitrogens with two attached hydrogens (primary N) is 1. The zero-order valence-corrected chi connectivity index (χ0v) is 10.3. The average Bonchev–Trinajstić information content (AvgIpc) is 2.24. The van der Waals surface area contributed by atoms with Gasteiger partial charge in [0.2, 0.25) is 5.43 Å². The standard InChI is InChI=1S/C12H12ClN3O/c1-7-5-9(13)3-4-10(7)16-8(2)6-11(17)12(14)15-16/h3-6H,1-2H3,(H2,14,15). The molecule has 0 saturated carbocycles. The van der Waals surface area contributed by atoms with Gasteiger partial charge in [-0.15, -0.1) is 5.10 Å². The van der Waals surface area contributed by atoms with Crippen LogP contribution in [0.1, 0.15) is 11.3 Å². The van der Waals surface area contributed by atoms with Gasteiger partial charge in [-0.25, -0.2) is 4.68 Å². The van der Waals surface area contributed by atoms with Crippen molar-refractivity contribution >= 4 is 17.4 Å². The van der Waals surface area contributed by atoms with Gasteiger partial charge in [-0.2, -0.15) is 0 Å². The number of halogens is 1. The van der Waals surface area contributed by atoms with Crippen molar-refractivity contribution in [3.63, 3.8) is 0 Å². The maximum Gasteiger partial charge on any atom is 0.224 e. The van der Waals surface area contributed by atoms with Gasteiger partial charge in [0.1, 0.15) is 0 Å². The third-order valence-corrected chi connectivity index (χ3v) is 2.76. The van der Waals surface area contributed by atoms with Gasteiger partial charge in [-0.1, -0.05) is 11.6 Å². The molecule has 0 saturated heterocycles. The van der Waals surface area contributed by atoms with Gasteiger partial charge in [0.05, 0.1) is 5.69 Å². The number of aryl methyl sites for hydroxylation is 2. The number of anilines is 1. The van der Waals surface area contributed by atoms with Crippen molar-refractivity contribution in [3.05, 3.63) is 50.8 Å². The molecular weight excluding hydrogens is 238 g/mol. The highest BCUT2D eigenvalue weighted by Crippen LogP contribution is 2.19. The van der Waals surface area contributed by atoms with E-state index in [0.29, 0.717) is 5.02 Å². The SMILES string of the molecule is Cc1cc(Cl)ccc1-n1nc(N)c(=O)cc1C. The fraction of sp³-hybridized carbons (Fsp3) is 0.167. The van der Waals surface area contributed by atoms with Gasteiger partial charge in [0, 0.05) is 16.8 Å². The summed E-state index contributed by atoms with van der Waals surface area (Å²) in [6.45, 7) is 3.73. The van der Waals surface area contributed by atoms with Crippen LogP contribution in [-0.2, 0) is 0 Å². The summed E-state index contributed by atoms with van der Waals surface area (Å²) in [7, 11) is 0. The molecule has 0 fully saturated rings. The lowest BCUT2D eigenvalue weighted by Gasteiger charge is -2.12. The van der Waals surface area contributed by atoms with E-state index in [4.69, 9.17) is 17.3 Å². The summed E-state index contributed by atoms with van der Waals surface area (Å²) in [6.07, 6.45) is 0. The predicted molar refractivity (Wildman–Crippen MR) is 68.7 cm³/mol. The van der Waals surface area contributed by atoms with Gasteiger partial charge in [0.25, 0.3) is 0 Å². The Labute approximate surface area is 104 Å². The van der Waals surface area contributed by atoms with Crippen molar-refractivity contribution in [1.82, 2.24) is 9.78 Å². The molecule has 0 spiro atoms. The van der Waals surface area contributed by atoms with Crippen LogP contribution in [0.15, 0.2) is 29.1 Å². The van der Waals surface area contributed by atoms with E-state index in [9.17, 15) is 4.79 Å².